The number of hydrogen-bond donors (Lipinski definition) is 1. The summed E-state index contributed by atoms with van der Waals surface area (Å²) in [6.45, 7) is 2.16. The second-order valence-corrected chi connectivity index (χ2v) is 5.87. The Morgan fingerprint density at radius 1 is 1.04 bits per heavy atom. The van der Waals surface area contributed by atoms with Crippen molar-refractivity contribution in [3.05, 3.63) is 95.5 Å². The summed E-state index contributed by atoms with van der Waals surface area (Å²) in [6.07, 6.45) is 3.56. The Morgan fingerprint density at radius 2 is 1.74 bits per heavy atom. The fraction of sp³-hybridized carbons (Fsp3) is 0.0909. The van der Waals surface area contributed by atoms with E-state index in [9.17, 15) is 4.79 Å². The topological polar surface area (TPSA) is 63.8 Å². The molecule has 0 unspecified atom stereocenters. The first kappa shape index (κ1) is 18.2. The van der Waals surface area contributed by atoms with Crippen molar-refractivity contribution in [3.8, 4) is 5.75 Å². The molecule has 0 fully saturated rings. The maximum Gasteiger partial charge on any atom is 0.307 e. The predicted molar refractivity (Wildman–Crippen MR) is 106 cm³/mol. The molecule has 5 nitrogen and oxygen atoms in total. The fourth-order valence-electron chi connectivity index (χ4n) is 2.35. The molecule has 0 bridgehead atoms. The molecule has 0 aliphatic carbocycles. The van der Waals surface area contributed by atoms with E-state index in [1.165, 1.54) is 0 Å². The Hall–Kier alpha value is -3.60. The zero-order valence-electron chi connectivity index (χ0n) is 15.0. The molecule has 2 aromatic carbocycles. The van der Waals surface area contributed by atoms with Crippen LogP contribution < -0.4 is 10.2 Å². The molecule has 1 heterocycles. The summed E-state index contributed by atoms with van der Waals surface area (Å²) in [5.74, 6) is 1.08. The van der Waals surface area contributed by atoms with Crippen molar-refractivity contribution in [2.45, 2.75) is 13.5 Å². The van der Waals surface area contributed by atoms with Gasteiger partial charge >= 0.3 is 5.91 Å². The van der Waals surface area contributed by atoms with Gasteiger partial charge in [-0.25, -0.2) is 5.43 Å². The average Bonchev–Trinajstić information content (AvgIpc) is 3.17. The normalized spacial score (nSPS) is 11.5. The molecular weight excluding hydrogens is 340 g/mol. The highest BCUT2D eigenvalue weighted by molar-refractivity contribution is 5.92. The van der Waals surface area contributed by atoms with Crippen molar-refractivity contribution < 1.29 is 13.9 Å². The second-order valence-electron chi connectivity index (χ2n) is 5.87. The molecule has 0 radical (unpaired) electrons. The molecule has 1 aromatic heterocycles. The van der Waals surface area contributed by atoms with Gasteiger partial charge in [-0.1, -0.05) is 54.6 Å². The molecule has 3 rings (SSSR count). The first-order valence-corrected chi connectivity index (χ1v) is 8.54. The molecule has 27 heavy (non-hydrogen) atoms. The van der Waals surface area contributed by atoms with Crippen molar-refractivity contribution in [1.29, 1.82) is 0 Å². The number of ether oxygens (including phenoxy) is 1. The van der Waals surface area contributed by atoms with E-state index in [-0.39, 0.29) is 12.4 Å². The van der Waals surface area contributed by atoms with Crippen LogP contribution >= 0.6 is 0 Å². The standard InChI is InChI=1S/C22H20N2O3/c1-17(14-18-8-4-2-5-9-18)15-23-24-22(25)21-13-12-20(27-21)16-26-19-10-6-3-7-11-19/h2-15H,16H2,1H3,(H,24,25)/b17-14+,23-15-. The average molecular weight is 360 g/mol. The summed E-state index contributed by atoms with van der Waals surface area (Å²) in [5, 5.41) is 3.96. The molecule has 0 saturated carbocycles. The number of furan rings is 1. The van der Waals surface area contributed by atoms with Crippen LogP contribution in [-0.4, -0.2) is 12.1 Å². The van der Waals surface area contributed by atoms with E-state index in [0.717, 1.165) is 16.9 Å². The van der Waals surface area contributed by atoms with Gasteiger partial charge in [0.05, 0.1) is 6.21 Å². The minimum Gasteiger partial charge on any atom is -0.486 e. The zero-order chi connectivity index (χ0) is 18.9. The second kappa shape index (κ2) is 9.20. The van der Waals surface area contributed by atoms with Crippen LogP contribution in [0.1, 0.15) is 28.8 Å². The highest BCUT2D eigenvalue weighted by atomic mass is 16.5. The Kier molecular flexibility index (Phi) is 6.20. The summed E-state index contributed by atoms with van der Waals surface area (Å²) in [5.41, 5.74) is 4.44. The summed E-state index contributed by atoms with van der Waals surface area (Å²) in [4.78, 5) is 12.1. The first-order valence-electron chi connectivity index (χ1n) is 8.54. The van der Waals surface area contributed by atoms with Crippen molar-refractivity contribution in [2.75, 3.05) is 0 Å². The molecule has 3 aromatic rings. The van der Waals surface area contributed by atoms with Crippen LogP contribution in [0.25, 0.3) is 6.08 Å². The first-order chi connectivity index (χ1) is 13.2. The Labute approximate surface area is 158 Å². The van der Waals surface area contributed by atoms with Gasteiger partial charge in [-0.2, -0.15) is 5.10 Å². The highest BCUT2D eigenvalue weighted by Gasteiger charge is 2.10. The fourth-order valence-corrected chi connectivity index (χ4v) is 2.35. The quantitative estimate of drug-likeness (QED) is 0.491. The molecule has 0 spiro atoms. The van der Waals surface area contributed by atoms with Gasteiger partial charge in [-0.05, 0) is 42.3 Å². The number of para-hydroxylation sites is 1. The highest BCUT2D eigenvalue weighted by Crippen LogP contribution is 2.14. The molecule has 0 aliphatic heterocycles. The Balaban J connectivity index is 1.51. The summed E-state index contributed by atoms with van der Waals surface area (Å²) < 4.78 is 11.1. The van der Waals surface area contributed by atoms with Gasteiger partial charge in [0.25, 0.3) is 0 Å². The van der Waals surface area contributed by atoms with Crippen LogP contribution in [0.15, 0.2) is 87.9 Å². The van der Waals surface area contributed by atoms with Gasteiger partial charge < -0.3 is 9.15 Å². The Morgan fingerprint density at radius 3 is 2.48 bits per heavy atom. The number of carbonyl (C=O) groups is 1. The summed E-state index contributed by atoms with van der Waals surface area (Å²) >= 11 is 0. The van der Waals surface area contributed by atoms with Crippen LogP contribution in [0.4, 0.5) is 0 Å². The maximum absolute atomic E-state index is 12.1. The number of amides is 1. The van der Waals surface area contributed by atoms with Gasteiger partial charge in [0.1, 0.15) is 18.1 Å². The van der Waals surface area contributed by atoms with E-state index in [1.54, 1.807) is 18.3 Å². The monoisotopic (exact) mass is 360 g/mol. The predicted octanol–water partition coefficient (Wildman–Crippen LogP) is 4.68. The molecule has 0 saturated heterocycles. The minimum atomic E-state index is -0.412. The molecule has 1 N–H and O–H groups in total. The lowest BCUT2D eigenvalue weighted by atomic mass is 10.1. The molecule has 0 atom stereocenters. The lowest BCUT2D eigenvalue weighted by Crippen LogP contribution is -2.16. The number of rotatable bonds is 7. The molecular formula is C22H20N2O3. The van der Waals surface area contributed by atoms with E-state index in [2.05, 4.69) is 10.5 Å². The third kappa shape index (κ3) is 5.71. The van der Waals surface area contributed by atoms with E-state index in [1.807, 2.05) is 73.7 Å². The molecule has 1 amide bonds. The van der Waals surface area contributed by atoms with E-state index in [0.29, 0.717) is 5.76 Å². The van der Waals surface area contributed by atoms with Crippen molar-refractivity contribution in [3.63, 3.8) is 0 Å². The van der Waals surface area contributed by atoms with Crippen molar-refractivity contribution in [1.82, 2.24) is 5.43 Å². The van der Waals surface area contributed by atoms with Crippen molar-refractivity contribution in [2.24, 2.45) is 5.10 Å². The van der Waals surface area contributed by atoms with Gasteiger partial charge in [0.2, 0.25) is 0 Å². The lowest BCUT2D eigenvalue weighted by molar-refractivity contribution is 0.0923. The van der Waals surface area contributed by atoms with Crippen LogP contribution in [0.3, 0.4) is 0 Å². The van der Waals surface area contributed by atoms with Gasteiger partial charge in [-0.3, -0.25) is 4.79 Å². The summed E-state index contributed by atoms with van der Waals surface area (Å²) in [6, 6.07) is 22.6. The van der Waals surface area contributed by atoms with Crippen molar-refractivity contribution >= 4 is 18.2 Å². The Bertz CT molecular complexity index is 928. The van der Waals surface area contributed by atoms with Gasteiger partial charge in [0, 0.05) is 0 Å². The third-order valence-corrected chi connectivity index (χ3v) is 3.64. The van der Waals surface area contributed by atoms with Crippen LogP contribution in [0.2, 0.25) is 0 Å². The van der Waals surface area contributed by atoms with E-state index >= 15 is 0 Å². The smallest absolute Gasteiger partial charge is 0.307 e. The number of carbonyl (C=O) groups excluding carboxylic acids is 1. The number of hydrazone groups is 1. The largest absolute Gasteiger partial charge is 0.486 e. The molecule has 0 aliphatic rings. The lowest BCUT2D eigenvalue weighted by Gasteiger charge is -2.03. The van der Waals surface area contributed by atoms with Crippen LogP contribution in [-0.2, 0) is 6.61 Å². The SMILES string of the molecule is CC(/C=N\NC(=O)c1ccc(COc2ccccc2)o1)=C\c1ccccc1. The molecule has 5 heteroatoms. The minimum absolute atomic E-state index is 0.184. The van der Waals surface area contributed by atoms with E-state index in [4.69, 9.17) is 9.15 Å². The maximum atomic E-state index is 12.1. The third-order valence-electron chi connectivity index (χ3n) is 3.64. The van der Waals surface area contributed by atoms with Gasteiger partial charge in [0.15, 0.2) is 5.76 Å². The van der Waals surface area contributed by atoms with Crippen LogP contribution in [0, 0.1) is 0 Å². The zero-order valence-corrected chi connectivity index (χ0v) is 15.0. The van der Waals surface area contributed by atoms with Gasteiger partial charge in [-0.15, -0.1) is 0 Å². The van der Waals surface area contributed by atoms with E-state index < -0.39 is 5.91 Å². The number of allylic oxidation sites excluding steroid dienone is 1. The number of nitrogens with one attached hydrogen (secondary N) is 1. The van der Waals surface area contributed by atoms with Crippen LogP contribution in [0.5, 0.6) is 5.75 Å². The number of benzene rings is 2. The number of hydrogen-bond acceptors (Lipinski definition) is 4. The molecule has 136 valence electrons. The summed E-state index contributed by atoms with van der Waals surface area (Å²) in [7, 11) is 0. The number of nitrogens with zero attached hydrogens (tertiary/aromatic N) is 1.